The van der Waals surface area contributed by atoms with E-state index in [4.69, 9.17) is 11.6 Å². The lowest BCUT2D eigenvalue weighted by Crippen LogP contribution is -2.22. The molecule has 2 N–H and O–H groups in total. The molecule has 7 nitrogen and oxygen atoms in total. The van der Waals surface area contributed by atoms with Crippen LogP contribution in [0.1, 0.15) is 19.4 Å². The highest BCUT2D eigenvalue weighted by Gasteiger charge is 2.24. The average Bonchev–Trinajstić information content (AvgIpc) is 3.08. The van der Waals surface area contributed by atoms with Gasteiger partial charge in [-0.2, -0.15) is 0 Å². The summed E-state index contributed by atoms with van der Waals surface area (Å²) in [5.41, 5.74) is 2.43. The number of sulfonamides is 1. The number of anilines is 1. The molecule has 1 aliphatic heterocycles. The smallest absolute Gasteiger partial charge is 0.264 e. The first kappa shape index (κ1) is 22.3. The van der Waals surface area contributed by atoms with E-state index in [1.54, 1.807) is 38.3 Å². The number of pyridine rings is 1. The van der Waals surface area contributed by atoms with Gasteiger partial charge in [0.15, 0.2) is 5.17 Å². The van der Waals surface area contributed by atoms with Crippen molar-refractivity contribution in [2.24, 2.45) is 4.99 Å². The highest BCUT2D eigenvalue weighted by atomic mass is 35.5. The van der Waals surface area contributed by atoms with Crippen molar-refractivity contribution < 1.29 is 13.2 Å². The monoisotopic (exact) mass is 486 g/mol. The second-order valence-corrected chi connectivity index (χ2v) is 11.0. The molecule has 0 bridgehead atoms. The number of hydrogen-bond acceptors (Lipinski definition) is 6. The number of aliphatic imine (C=N–C) groups is 1. The number of carbonyl (C=O) groups excluding carboxylic acids is 1. The molecule has 1 aromatic heterocycles. The Kier molecular flexibility index (Phi) is 6.23. The largest absolute Gasteiger partial charge is 0.300 e. The van der Waals surface area contributed by atoms with Gasteiger partial charge in [0.2, 0.25) is 10.0 Å². The Morgan fingerprint density at radius 2 is 2.00 bits per heavy atom. The predicted molar refractivity (Wildman–Crippen MR) is 132 cm³/mol. The molecule has 0 aliphatic carbocycles. The standard InChI is InChI=1S/C22H19ClN4O3S2/c1-13(2)32(29,30)27-16-6-7-17(23)19(12-16)25-22-26-21(28)20(31-22)11-14-5-8-18-15(10-14)4-3-9-24-18/h3-13,27H,1-2H3,(H,25,26,28)/b20-11+. The fourth-order valence-corrected chi connectivity index (χ4v) is 4.55. The Morgan fingerprint density at radius 3 is 2.78 bits per heavy atom. The number of aromatic nitrogens is 1. The molecule has 3 aromatic rings. The Labute approximate surface area is 195 Å². The summed E-state index contributed by atoms with van der Waals surface area (Å²) >= 11 is 7.42. The molecule has 2 heterocycles. The van der Waals surface area contributed by atoms with Crippen molar-refractivity contribution in [2.75, 3.05) is 4.72 Å². The van der Waals surface area contributed by atoms with Gasteiger partial charge in [-0.15, -0.1) is 0 Å². The minimum Gasteiger partial charge on any atom is -0.300 e. The number of nitrogens with one attached hydrogen (secondary N) is 2. The van der Waals surface area contributed by atoms with Crippen molar-refractivity contribution >= 4 is 72.8 Å². The van der Waals surface area contributed by atoms with Crippen LogP contribution >= 0.6 is 23.4 Å². The maximum Gasteiger partial charge on any atom is 0.264 e. The van der Waals surface area contributed by atoms with E-state index in [1.807, 2.05) is 30.3 Å². The van der Waals surface area contributed by atoms with Gasteiger partial charge in [-0.25, -0.2) is 13.4 Å². The zero-order chi connectivity index (χ0) is 22.9. The Bertz CT molecular complexity index is 1380. The fraction of sp³-hybridized carbons (Fsp3) is 0.136. The molecule has 0 spiro atoms. The van der Waals surface area contributed by atoms with Gasteiger partial charge in [0.25, 0.3) is 5.91 Å². The summed E-state index contributed by atoms with van der Waals surface area (Å²) in [4.78, 5) is 21.6. The SMILES string of the molecule is CC(C)S(=O)(=O)Nc1ccc(Cl)c(N=C2NC(=O)/C(=C\c3ccc4ncccc4c3)S2)c1. The topological polar surface area (TPSA) is 101 Å². The minimum absolute atomic E-state index is 0.271. The number of amidine groups is 1. The molecule has 32 heavy (non-hydrogen) atoms. The highest BCUT2D eigenvalue weighted by molar-refractivity contribution is 8.18. The third-order valence-corrected chi connectivity index (χ3v) is 7.62. The molecule has 0 radical (unpaired) electrons. The van der Waals surface area contributed by atoms with E-state index in [1.165, 1.54) is 17.8 Å². The van der Waals surface area contributed by atoms with E-state index < -0.39 is 15.3 Å². The van der Waals surface area contributed by atoms with Gasteiger partial charge >= 0.3 is 0 Å². The van der Waals surface area contributed by atoms with Gasteiger partial charge in [-0.3, -0.25) is 14.5 Å². The molecule has 1 aliphatic rings. The number of halogens is 1. The molecular weight excluding hydrogens is 468 g/mol. The summed E-state index contributed by atoms with van der Waals surface area (Å²) in [5, 5.41) is 3.80. The third-order valence-electron chi connectivity index (χ3n) is 4.62. The lowest BCUT2D eigenvalue weighted by molar-refractivity contribution is -0.115. The van der Waals surface area contributed by atoms with Crippen LogP contribution in [0.15, 0.2) is 64.6 Å². The van der Waals surface area contributed by atoms with E-state index in [2.05, 4.69) is 20.0 Å². The van der Waals surface area contributed by atoms with E-state index in [-0.39, 0.29) is 5.91 Å². The van der Waals surface area contributed by atoms with Gasteiger partial charge < -0.3 is 5.32 Å². The van der Waals surface area contributed by atoms with E-state index >= 15 is 0 Å². The van der Waals surface area contributed by atoms with E-state index in [9.17, 15) is 13.2 Å². The lowest BCUT2D eigenvalue weighted by Gasteiger charge is -2.11. The van der Waals surface area contributed by atoms with Crippen molar-refractivity contribution in [1.29, 1.82) is 0 Å². The number of thioether (sulfide) groups is 1. The van der Waals surface area contributed by atoms with E-state index in [0.717, 1.165) is 16.5 Å². The van der Waals surface area contributed by atoms with Crippen LogP contribution in [0.4, 0.5) is 11.4 Å². The van der Waals surface area contributed by atoms with Gasteiger partial charge in [-0.1, -0.05) is 23.7 Å². The molecular formula is C22H19ClN4O3S2. The summed E-state index contributed by atoms with van der Waals surface area (Å²) in [6, 6.07) is 14.2. The Balaban J connectivity index is 1.59. The first-order chi connectivity index (χ1) is 15.2. The summed E-state index contributed by atoms with van der Waals surface area (Å²) in [6.07, 6.45) is 3.52. The van der Waals surface area contributed by atoms with Crippen LogP contribution in [0.3, 0.4) is 0 Å². The quantitative estimate of drug-likeness (QED) is 0.498. The van der Waals surface area contributed by atoms with Gasteiger partial charge in [0.1, 0.15) is 0 Å². The van der Waals surface area contributed by atoms with Crippen molar-refractivity contribution in [3.05, 3.63) is 70.2 Å². The summed E-state index contributed by atoms with van der Waals surface area (Å²) in [7, 11) is -3.51. The van der Waals surface area contributed by atoms with Crippen molar-refractivity contribution in [3.8, 4) is 0 Å². The van der Waals surface area contributed by atoms with Gasteiger partial charge in [0.05, 0.1) is 32.1 Å². The molecule has 1 amide bonds. The van der Waals surface area contributed by atoms with Crippen molar-refractivity contribution in [1.82, 2.24) is 10.3 Å². The molecule has 4 rings (SSSR count). The summed E-state index contributed by atoms with van der Waals surface area (Å²) in [6.45, 7) is 3.17. The molecule has 164 valence electrons. The first-order valence-corrected chi connectivity index (χ1v) is 12.4. The average molecular weight is 487 g/mol. The molecule has 2 aromatic carbocycles. The van der Waals surface area contributed by atoms with E-state index in [0.29, 0.717) is 26.5 Å². The molecule has 0 unspecified atom stereocenters. The maximum atomic E-state index is 12.4. The number of hydrogen-bond donors (Lipinski definition) is 2. The normalized spacial score (nSPS) is 16.8. The predicted octanol–water partition coefficient (Wildman–Crippen LogP) is 4.93. The molecule has 0 saturated carbocycles. The van der Waals surface area contributed by atoms with Crippen LogP contribution in [-0.2, 0) is 14.8 Å². The lowest BCUT2D eigenvalue weighted by atomic mass is 10.1. The Morgan fingerprint density at radius 1 is 1.19 bits per heavy atom. The zero-order valence-electron chi connectivity index (χ0n) is 17.2. The number of rotatable bonds is 5. The summed E-state index contributed by atoms with van der Waals surface area (Å²) in [5.74, 6) is -0.271. The van der Waals surface area contributed by atoms with Crippen LogP contribution in [0.5, 0.6) is 0 Å². The number of carbonyl (C=O) groups is 1. The number of nitrogens with zero attached hydrogens (tertiary/aromatic N) is 2. The second kappa shape index (κ2) is 8.93. The van der Waals surface area contributed by atoms with Gasteiger partial charge in [0, 0.05) is 11.6 Å². The van der Waals surface area contributed by atoms with Gasteiger partial charge in [-0.05, 0) is 73.6 Å². The Hall–Kier alpha value is -2.88. The molecule has 1 fully saturated rings. The second-order valence-electron chi connectivity index (χ2n) is 7.30. The number of amides is 1. The molecule has 10 heteroatoms. The fourth-order valence-electron chi connectivity index (χ4n) is 2.87. The van der Waals surface area contributed by atoms with Crippen LogP contribution in [0.25, 0.3) is 17.0 Å². The molecule has 1 saturated heterocycles. The van der Waals surface area contributed by atoms with Crippen LogP contribution in [0, 0.1) is 0 Å². The highest BCUT2D eigenvalue weighted by Crippen LogP contribution is 2.33. The third kappa shape index (κ3) is 4.95. The van der Waals surface area contributed by atoms with Crippen molar-refractivity contribution in [3.63, 3.8) is 0 Å². The number of fused-ring (bicyclic) bond motifs is 1. The zero-order valence-corrected chi connectivity index (χ0v) is 19.6. The first-order valence-electron chi connectivity index (χ1n) is 9.67. The maximum absolute atomic E-state index is 12.4. The number of benzene rings is 2. The minimum atomic E-state index is -3.51. The van der Waals surface area contributed by atoms with Crippen LogP contribution in [-0.4, -0.2) is 29.7 Å². The summed E-state index contributed by atoms with van der Waals surface area (Å²) < 4.78 is 26.8. The molecule has 0 atom stereocenters. The van der Waals surface area contributed by atoms with Crippen LogP contribution in [0.2, 0.25) is 5.02 Å². The van der Waals surface area contributed by atoms with Crippen molar-refractivity contribution in [2.45, 2.75) is 19.1 Å². The van der Waals surface area contributed by atoms with Crippen LogP contribution < -0.4 is 10.0 Å².